The van der Waals surface area contributed by atoms with Gasteiger partial charge in [-0.25, -0.2) is 0 Å². The maximum atomic E-state index is 11.6. The number of hydrogen-bond acceptors (Lipinski definition) is 2. The first kappa shape index (κ1) is 12.3. The van der Waals surface area contributed by atoms with E-state index < -0.39 is 0 Å². The van der Waals surface area contributed by atoms with E-state index in [0.29, 0.717) is 6.42 Å². The third kappa shape index (κ3) is 3.37. The van der Waals surface area contributed by atoms with E-state index in [1.807, 2.05) is 6.08 Å². The van der Waals surface area contributed by atoms with E-state index in [1.54, 1.807) is 0 Å². The highest BCUT2D eigenvalue weighted by Gasteiger charge is 2.29. The van der Waals surface area contributed by atoms with Crippen LogP contribution in [-0.4, -0.2) is 23.8 Å². The molecule has 1 rings (SSSR count). The molecule has 0 spiro atoms. The molecule has 0 aromatic heterocycles. The van der Waals surface area contributed by atoms with Crippen molar-refractivity contribution in [3.63, 3.8) is 0 Å². The first-order valence-corrected chi connectivity index (χ1v) is 5.97. The lowest BCUT2D eigenvalue weighted by molar-refractivity contribution is -0.117. The van der Waals surface area contributed by atoms with Crippen LogP contribution in [0.25, 0.3) is 0 Å². The Morgan fingerprint density at radius 3 is 2.47 bits per heavy atom. The van der Waals surface area contributed by atoms with Crippen molar-refractivity contribution in [2.24, 2.45) is 5.41 Å². The third-order valence-corrected chi connectivity index (χ3v) is 2.92. The lowest BCUT2D eigenvalue weighted by atomic mass is 9.78. The van der Waals surface area contributed by atoms with Gasteiger partial charge in [0.2, 0.25) is 0 Å². The summed E-state index contributed by atoms with van der Waals surface area (Å²) in [6.07, 6.45) is 4.72. The Morgan fingerprint density at radius 1 is 1.33 bits per heavy atom. The number of hydrogen-bond donors (Lipinski definition) is 0. The van der Waals surface area contributed by atoms with Crippen LogP contribution in [0.2, 0.25) is 0 Å². The average molecular weight is 209 g/mol. The predicted octanol–water partition coefficient (Wildman–Crippen LogP) is 2.99. The predicted molar refractivity (Wildman–Crippen MR) is 63.6 cm³/mol. The summed E-state index contributed by atoms with van der Waals surface area (Å²) in [6, 6.07) is 0. The van der Waals surface area contributed by atoms with Crippen molar-refractivity contribution < 1.29 is 4.79 Å². The molecule has 0 aliphatic heterocycles. The first-order valence-electron chi connectivity index (χ1n) is 5.97. The average Bonchev–Trinajstić information content (AvgIpc) is 2.10. The zero-order valence-electron chi connectivity index (χ0n) is 10.5. The Morgan fingerprint density at radius 2 is 2.00 bits per heavy atom. The minimum Gasteiger partial charge on any atom is -0.375 e. The maximum absolute atomic E-state index is 11.6. The number of carbonyl (C=O) groups is 1. The van der Waals surface area contributed by atoms with Crippen molar-refractivity contribution in [3.8, 4) is 0 Å². The van der Waals surface area contributed by atoms with Gasteiger partial charge in [0.1, 0.15) is 0 Å². The van der Waals surface area contributed by atoms with Gasteiger partial charge in [-0.1, -0.05) is 20.8 Å². The summed E-state index contributed by atoms with van der Waals surface area (Å²) in [5.74, 6) is 0.288. The van der Waals surface area contributed by atoms with Crippen molar-refractivity contribution in [1.29, 1.82) is 0 Å². The van der Waals surface area contributed by atoms with Crippen molar-refractivity contribution in [3.05, 3.63) is 11.8 Å². The normalized spacial score (nSPS) is 20.0. The number of nitrogens with zero attached hydrogens (tertiary/aromatic N) is 1. The Balaban J connectivity index is 2.79. The number of ketones is 1. The smallest absolute Gasteiger partial charge is 0.157 e. The van der Waals surface area contributed by atoms with Crippen LogP contribution in [0.15, 0.2) is 11.8 Å². The Bertz CT molecular complexity index is 266. The van der Waals surface area contributed by atoms with Gasteiger partial charge in [0, 0.05) is 31.3 Å². The molecule has 0 saturated heterocycles. The number of rotatable bonds is 4. The third-order valence-electron chi connectivity index (χ3n) is 2.92. The highest BCUT2D eigenvalue weighted by molar-refractivity contribution is 5.91. The van der Waals surface area contributed by atoms with Gasteiger partial charge in [-0.15, -0.1) is 0 Å². The molecule has 0 unspecified atom stereocenters. The monoisotopic (exact) mass is 209 g/mol. The Labute approximate surface area is 93.3 Å². The van der Waals surface area contributed by atoms with Gasteiger partial charge in [-0.3, -0.25) is 4.79 Å². The molecule has 1 aliphatic carbocycles. The molecule has 0 aromatic carbocycles. The summed E-state index contributed by atoms with van der Waals surface area (Å²) in [4.78, 5) is 13.9. The highest BCUT2D eigenvalue weighted by Crippen LogP contribution is 2.34. The molecule has 0 heterocycles. The summed E-state index contributed by atoms with van der Waals surface area (Å²) < 4.78 is 0. The molecule has 0 bridgehead atoms. The Kier molecular flexibility index (Phi) is 3.95. The fourth-order valence-corrected chi connectivity index (χ4v) is 2.29. The summed E-state index contributed by atoms with van der Waals surface area (Å²) in [7, 11) is 0. The number of allylic oxidation sites excluding steroid dienone is 2. The van der Waals surface area contributed by atoms with Crippen LogP contribution in [0.5, 0.6) is 0 Å². The summed E-state index contributed by atoms with van der Waals surface area (Å²) in [5, 5.41) is 0. The molecule has 0 N–H and O–H groups in total. The van der Waals surface area contributed by atoms with E-state index >= 15 is 0 Å². The molecule has 1 aliphatic rings. The second-order valence-corrected chi connectivity index (χ2v) is 5.20. The molecule has 86 valence electrons. The zero-order valence-corrected chi connectivity index (χ0v) is 10.5. The van der Waals surface area contributed by atoms with Crippen LogP contribution in [0.3, 0.4) is 0 Å². The van der Waals surface area contributed by atoms with E-state index in [0.717, 1.165) is 25.9 Å². The van der Waals surface area contributed by atoms with Crippen LogP contribution in [0, 0.1) is 5.41 Å². The molecule has 2 heteroatoms. The molecular weight excluding hydrogens is 186 g/mol. The minimum atomic E-state index is 0.141. The molecule has 0 saturated carbocycles. The number of carbonyl (C=O) groups excluding carboxylic acids is 1. The van der Waals surface area contributed by atoms with Gasteiger partial charge in [-0.05, 0) is 25.2 Å². The van der Waals surface area contributed by atoms with Gasteiger partial charge < -0.3 is 4.90 Å². The largest absolute Gasteiger partial charge is 0.375 e. The highest BCUT2D eigenvalue weighted by atomic mass is 16.1. The second-order valence-electron chi connectivity index (χ2n) is 5.20. The van der Waals surface area contributed by atoms with E-state index in [1.165, 1.54) is 5.70 Å². The first-order chi connectivity index (χ1) is 6.98. The fraction of sp³-hybridized carbons (Fsp3) is 0.769. The fourth-order valence-electron chi connectivity index (χ4n) is 2.29. The zero-order chi connectivity index (χ0) is 11.5. The van der Waals surface area contributed by atoms with Crippen molar-refractivity contribution in [1.82, 2.24) is 4.90 Å². The van der Waals surface area contributed by atoms with Crippen LogP contribution < -0.4 is 0 Å². The van der Waals surface area contributed by atoms with Crippen molar-refractivity contribution in [2.45, 2.75) is 47.0 Å². The van der Waals surface area contributed by atoms with Gasteiger partial charge in [0.05, 0.1) is 0 Å². The lowest BCUT2D eigenvalue weighted by Crippen LogP contribution is -2.31. The van der Waals surface area contributed by atoms with E-state index in [9.17, 15) is 4.79 Å². The quantitative estimate of drug-likeness (QED) is 0.709. The van der Waals surface area contributed by atoms with Crippen LogP contribution in [-0.2, 0) is 4.79 Å². The second kappa shape index (κ2) is 4.82. The molecule has 15 heavy (non-hydrogen) atoms. The Hall–Kier alpha value is -0.790. The SMILES string of the molecule is CCCN(CC)C1=CC(=O)CC(C)(C)C1. The van der Waals surface area contributed by atoms with Crippen LogP contribution in [0.1, 0.15) is 47.0 Å². The van der Waals surface area contributed by atoms with Gasteiger partial charge >= 0.3 is 0 Å². The molecule has 0 radical (unpaired) electrons. The van der Waals surface area contributed by atoms with E-state index in [4.69, 9.17) is 0 Å². The van der Waals surface area contributed by atoms with Gasteiger partial charge in [0.15, 0.2) is 5.78 Å². The van der Waals surface area contributed by atoms with Gasteiger partial charge in [-0.2, -0.15) is 0 Å². The van der Waals surface area contributed by atoms with E-state index in [-0.39, 0.29) is 11.2 Å². The lowest BCUT2D eigenvalue weighted by Gasteiger charge is -2.35. The van der Waals surface area contributed by atoms with Crippen molar-refractivity contribution in [2.75, 3.05) is 13.1 Å². The summed E-state index contributed by atoms with van der Waals surface area (Å²) in [5.41, 5.74) is 1.38. The maximum Gasteiger partial charge on any atom is 0.157 e. The molecule has 0 atom stereocenters. The van der Waals surface area contributed by atoms with Crippen LogP contribution >= 0.6 is 0 Å². The summed E-state index contributed by atoms with van der Waals surface area (Å²) in [6.45, 7) is 10.8. The standard InChI is InChI=1S/C13H23NO/c1-5-7-14(6-2)11-8-12(15)10-13(3,4)9-11/h8H,5-7,9-10H2,1-4H3. The minimum absolute atomic E-state index is 0.141. The molecule has 0 aromatic rings. The summed E-state index contributed by atoms with van der Waals surface area (Å²) >= 11 is 0. The molecule has 0 amide bonds. The van der Waals surface area contributed by atoms with Crippen LogP contribution in [0.4, 0.5) is 0 Å². The molecule has 2 nitrogen and oxygen atoms in total. The molecule has 0 fully saturated rings. The topological polar surface area (TPSA) is 20.3 Å². The molecular formula is C13H23NO. The van der Waals surface area contributed by atoms with Gasteiger partial charge in [0.25, 0.3) is 0 Å². The van der Waals surface area contributed by atoms with E-state index in [2.05, 4.69) is 32.6 Å². The van der Waals surface area contributed by atoms with Crippen molar-refractivity contribution >= 4 is 5.78 Å².